The van der Waals surface area contributed by atoms with Crippen LogP contribution in [0, 0.1) is 6.92 Å². The molecule has 2 aromatic carbocycles. The van der Waals surface area contributed by atoms with Gasteiger partial charge >= 0.3 is 6.18 Å². The van der Waals surface area contributed by atoms with Crippen molar-refractivity contribution in [2.45, 2.75) is 38.5 Å². The number of carbonyl (C=O) groups is 1. The zero-order valence-corrected chi connectivity index (χ0v) is 25.5. The van der Waals surface area contributed by atoms with Gasteiger partial charge in [0.1, 0.15) is 28.1 Å². The summed E-state index contributed by atoms with van der Waals surface area (Å²) in [5.74, 6) is -0.474. The predicted octanol–water partition coefficient (Wildman–Crippen LogP) is 4.72. The molecule has 3 aromatic rings. The normalized spacial score (nSPS) is 16.3. The number of carbonyl (C=O) groups excluding carboxylic acids is 1. The third-order valence-corrected chi connectivity index (χ3v) is 8.14. The highest BCUT2D eigenvalue weighted by atomic mass is 32.2. The lowest BCUT2D eigenvalue weighted by atomic mass is 10.1. The number of likely N-dealkylation sites (tertiary alicyclic amines) is 1. The Hall–Kier alpha value is -3.91. The maximum atomic E-state index is 13.9. The Balaban J connectivity index is 1.56. The van der Waals surface area contributed by atoms with E-state index in [1.807, 2.05) is 26.1 Å². The first kappa shape index (κ1) is 32.0. The van der Waals surface area contributed by atoms with E-state index in [9.17, 15) is 22.2 Å². The van der Waals surface area contributed by atoms with E-state index in [4.69, 9.17) is 4.74 Å². The Bertz CT molecular complexity index is 1490. The van der Waals surface area contributed by atoms with Crippen LogP contribution in [0.15, 0.2) is 42.6 Å². The number of ether oxygens (including phenoxy) is 1. The molecule has 0 bridgehead atoms. The maximum Gasteiger partial charge on any atom is 0.421 e. The van der Waals surface area contributed by atoms with E-state index in [1.165, 1.54) is 13.4 Å². The van der Waals surface area contributed by atoms with Crippen molar-refractivity contribution >= 4 is 40.0 Å². The van der Waals surface area contributed by atoms with Crippen LogP contribution in [0.3, 0.4) is 0 Å². The third-order valence-electron chi connectivity index (χ3n) is 7.18. The third kappa shape index (κ3) is 8.14. The molecule has 0 spiro atoms. The molecule has 1 aliphatic heterocycles. The summed E-state index contributed by atoms with van der Waals surface area (Å²) in [6.07, 6.45) is -0.587. The minimum atomic E-state index is -4.71. The highest BCUT2D eigenvalue weighted by Crippen LogP contribution is 2.35. The number of nitrogens with zero attached hydrogens (tertiary/aromatic N) is 4. The molecule has 2 atom stereocenters. The summed E-state index contributed by atoms with van der Waals surface area (Å²) in [7, 11) is 3.76. The molecule has 1 saturated heterocycles. The summed E-state index contributed by atoms with van der Waals surface area (Å²) in [5, 5.41) is 8.74. The van der Waals surface area contributed by atoms with Gasteiger partial charge in [-0.2, -0.15) is 18.2 Å². The maximum absolute atomic E-state index is 13.9. The summed E-state index contributed by atoms with van der Waals surface area (Å²) in [6.45, 7) is 3.62. The number of nitrogens with one attached hydrogen (secondary N) is 3. The summed E-state index contributed by atoms with van der Waals surface area (Å²) in [6, 6.07) is 10.2. The van der Waals surface area contributed by atoms with Crippen LogP contribution in [0.2, 0.25) is 0 Å². The van der Waals surface area contributed by atoms with Crippen LogP contribution in [-0.4, -0.2) is 71.6 Å². The van der Waals surface area contributed by atoms with Gasteiger partial charge in [0.25, 0.3) is 5.91 Å². The van der Waals surface area contributed by atoms with E-state index in [0.29, 0.717) is 34.4 Å². The lowest BCUT2D eigenvalue weighted by molar-refractivity contribution is -0.137. The number of aromatic nitrogens is 2. The van der Waals surface area contributed by atoms with Gasteiger partial charge in [0.2, 0.25) is 5.95 Å². The molecule has 0 saturated carbocycles. The van der Waals surface area contributed by atoms with E-state index >= 15 is 0 Å². The predicted molar refractivity (Wildman–Crippen MR) is 162 cm³/mol. The Labute approximate surface area is 251 Å². The van der Waals surface area contributed by atoms with Gasteiger partial charge in [-0.25, -0.2) is 9.19 Å². The van der Waals surface area contributed by atoms with Gasteiger partial charge < -0.3 is 25.6 Å². The zero-order valence-electron chi connectivity index (χ0n) is 24.7. The van der Waals surface area contributed by atoms with E-state index < -0.39 is 28.5 Å². The number of alkyl halides is 3. The van der Waals surface area contributed by atoms with Gasteiger partial charge in [-0.05, 0) is 68.8 Å². The molecule has 0 radical (unpaired) electrons. The van der Waals surface area contributed by atoms with Crippen molar-refractivity contribution in [2.75, 3.05) is 55.5 Å². The van der Waals surface area contributed by atoms with Gasteiger partial charge in [0, 0.05) is 44.2 Å². The molecular formula is C29H36F3N7O3S. The number of rotatable bonds is 10. The van der Waals surface area contributed by atoms with Crippen molar-refractivity contribution in [1.29, 1.82) is 0 Å². The molecule has 43 heavy (non-hydrogen) atoms. The number of halogens is 3. The minimum absolute atomic E-state index is 0.0133. The Morgan fingerprint density at radius 1 is 1.23 bits per heavy atom. The first-order chi connectivity index (χ1) is 20.3. The quantitative estimate of drug-likeness (QED) is 0.299. The molecule has 14 heteroatoms. The summed E-state index contributed by atoms with van der Waals surface area (Å²) in [5.41, 5.74) is 1.90. The fraction of sp³-hybridized carbons (Fsp3) is 0.414. The van der Waals surface area contributed by atoms with Crippen LogP contribution < -0.4 is 25.0 Å². The fourth-order valence-electron chi connectivity index (χ4n) is 4.83. The van der Waals surface area contributed by atoms with E-state index in [2.05, 4.69) is 30.8 Å². The van der Waals surface area contributed by atoms with Crippen molar-refractivity contribution in [1.82, 2.24) is 20.2 Å². The second kappa shape index (κ2) is 13.6. The second-order valence-electron chi connectivity index (χ2n) is 10.5. The SMILES string of the molecule is COc1cc(C(=O)N[C@@H]2CCCN(C)C2)ccc1Nc1ncc(C(F)(F)F)c(NCc2ccc(C)cc2N(C)S(C)=O)n1. The van der Waals surface area contributed by atoms with Crippen molar-refractivity contribution in [3.8, 4) is 5.75 Å². The number of hydrogen-bond acceptors (Lipinski definition) is 8. The number of anilines is 4. The number of piperidine rings is 1. The van der Waals surface area contributed by atoms with E-state index in [0.717, 1.165) is 31.5 Å². The first-order valence-electron chi connectivity index (χ1n) is 13.6. The number of aryl methyl sites for hydroxylation is 1. The molecule has 10 nitrogen and oxygen atoms in total. The largest absolute Gasteiger partial charge is 0.495 e. The summed E-state index contributed by atoms with van der Waals surface area (Å²) in [4.78, 5) is 23.1. The van der Waals surface area contributed by atoms with Crippen LogP contribution in [0.4, 0.5) is 36.3 Å². The molecule has 1 unspecified atom stereocenters. The lowest BCUT2D eigenvalue weighted by Gasteiger charge is -2.30. The average molecular weight is 620 g/mol. The first-order valence-corrected chi connectivity index (χ1v) is 15.2. The molecular weight excluding hydrogens is 583 g/mol. The number of likely N-dealkylation sites (N-methyl/N-ethyl adjacent to an activating group) is 1. The number of benzene rings is 2. The highest BCUT2D eigenvalue weighted by Gasteiger charge is 2.35. The molecule has 1 aliphatic rings. The molecule has 232 valence electrons. The van der Waals surface area contributed by atoms with E-state index in [-0.39, 0.29) is 24.4 Å². The van der Waals surface area contributed by atoms with Crippen molar-refractivity contribution < 1.29 is 26.9 Å². The topological polar surface area (TPSA) is 112 Å². The van der Waals surface area contributed by atoms with Gasteiger partial charge in [0.05, 0.1) is 18.5 Å². The number of methoxy groups -OCH3 is 1. The lowest BCUT2D eigenvalue weighted by Crippen LogP contribution is -2.46. The van der Waals surface area contributed by atoms with Crippen LogP contribution in [0.25, 0.3) is 0 Å². The monoisotopic (exact) mass is 619 g/mol. The van der Waals surface area contributed by atoms with Gasteiger partial charge in [0.15, 0.2) is 0 Å². The number of hydrogen-bond donors (Lipinski definition) is 3. The van der Waals surface area contributed by atoms with Crippen LogP contribution in [0.5, 0.6) is 5.75 Å². The Morgan fingerprint density at radius 3 is 2.67 bits per heavy atom. The van der Waals surface area contributed by atoms with Crippen LogP contribution in [0.1, 0.15) is 39.9 Å². The van der Waals surface area contributed by atoms with Gasteiger partial charge in [-0.15, -0.1) is 0 Å². The summed E-state index contributed by atoms with van der Waals surface area (Å²) < 4.78 is 60.7. The average Bonchev–Trinajstić information content (AvgIpc) is 2.95. The fourth-order valence-corrected chi connectivity index (χ4v) is 5.27. The van der Waals surface area contributed by atoms with Crippen molar-refractivity contribution in [3.63, 3.8) is 0 Å². The Kier molecular flexibility index (Phi) is 10.1. The standard InChI is InChI=1S/C29H36F3N7O3S/c1-18-8-9-20(24(13-18)39(3)43(5)41)15-33-26-22(29(30,31)32)16-34-28(37-26)36-23-11-10-19(14-25(23)42-4)27(40)35-21-7-6-12-38(2)17-21/h8-11,13-14,16,21H,6-7,12,15,17H2,1-5H3,(H,35,40)(H2,33,34,36,37)/t21-,43?/m1/s1. The highest BCUT2D eigenvalue weighted by molar-refractivity contribution is 7.85. The molecule has 3 N–H and O–H groups in total. The number of amides is 1. The van der Waals surface area contributed by atoms with Crippen LogP contribution in [-0.2, 0) is 23.7 Å². The van der Waals surface area contributed by atoms with Crippen LogP contribution >= 0.6 is 0 Å². The zero-order chi connectivity index (χ0) is 31.3. The van der Waals surface area contributed by atoms with Gasteiger partial charge in [-0.1, -0.05) is 12.1 Å². The Morgan fingerprint density at radius 2 is 2.00 bits per heavy atom. The summed E-state index contributed by atoms with van der Waals surface area (Å²) >= 11 is 0. The second-order valence-corrected chi connectivity index (χ2v) is 11.9. The van der Waals surface area contributed by atoms with Crippen molar-refractivity contribution in [3.05, 3.63) is 64.8 Å². The molecule has 4 rings (SSSR count). The smallest absolute Gasteiger partial charge is 0.421 e. The molecule has 1 aromatic heterocycles. The molecule has 1 amide bonds. The molecule has 2 heterocycles. The van der Waals surface area contributed by atoms with E-state index in [1.54, 1.807) is 35.6 Å². The minimum Gasteiger partial charge on any atom is -0.495 e. The molecule has 1 fully saturated rings. The molecule has 0 aliphatic carbocycles. The van der Waals surface area contributed by atoms with Crippen molar-refractivity contribution in [2.24, 2.45) is 0 Å². The van der Waals surface area contributed by atoms with Gasteiger partial charge in [-0.3, -0.25) is 9.10 Å².